The van der Waals surface area contributed by atoms with Crippen LogP contribution >= 0.6 is 22.7 Å². The van der Waals surface area contributed by atoms with Gasteiger partial charge in [0.15, 0.2) is 0 Å². The number of rotatable bonds is 2. The van der Waals surface area contributed by atoms with Crippen LogP contribution in [0.3, 0.4) is 0 Å². The second kappa shape index (κ2) is 10.6. The molecule has 0 bridgehead atoms. The van der Waals surface area contributed by atoms with E-state index in [0.29, 0.717) is 0 Å². The molecule has 2 heterocycles. The van der Waals surface area contributed by atoms with E-state index in [9.17, 15) is 0 Å². The van der Waals surface area contributed by atoms with Crippen molar-refractivity contribution in [3.05, 3.63) is 169 Å². The van der Waals surface area contributed by atoms with Gasteiger partial charge in [-0.2, -0.15) is 0 Å². The lowest BCUT2D eigenvalue weighted by Crippen LogP contribution is -2.14. The summed E-state index contributed by atoms with van der Waals surface area (Å²) in [5.74, 6) is 0. The second-order valence-electron chi connectivity index (χ2n) is 15.2. The predicted molar refractivity (Wildman–Crippen MR) is 244 cm³/mol. The highest BCUT2D eigenvalue weighted by Gasteiger charge is 2.35. The highest BCUT2D eigenvalue weighted by atomic mass is 32.1. The Morgan fingerprint density at radius 1 is 0.396 bits per heavy atom. The normalized spacial score (nSPS) is 13.6. The van der Waals surface area contributed by atoms with Crippen molar-refractivity contribution in [3.63, 3.8) is 0 Å². The van der Waals surface area contributed by atoms with E-state index in [-0.39, 0.29) is 12.5 Å². The summed E-state index contributed by atoms with van der Waals surface area (Å²) in [6.07, 6.45) is 0. The topological polar surface area (TPSA) is 0 Å². The third-order valence-corrected chi connectivity index (χ3v) is 14.3. The largest absolute Gasteiger partial charge is 0.135 e. The summed E-state index contributed by atoms with van der Waals surface area (Å²) in [7, 11) is 0. The fraction of sp³-hybridized carbons (Fsp3) is 0.0588. The summed E-state index contributed by atoms with van der Waals surface area (Å²) < 4.78 is 5.45. The Morgan fingerprint density at radius 3 is 1.70 bits per heavy atom. The molecule has 2 heteroatoms. The van der Waals surface area contributed by atoms with Gasteiger partial charge in [-0.3, -0.25) is 0 Å². The van der Waals surface area contributed by atoms with Crippen molar-refractivity contribution < 1.29 is 7.13 Å². The Balaban J connectivity index is 0.00000102. The average Bonchev–Trinajstić information content (AvgIpc) is 3.82. The van der Waals surface area contributed by atoms with Crippen molar-refractivity contribution in [2.24, 2.45) is 0 Å². The van der Waals surface area contributed by atoms with Crippen LogP contribution in [0.2, 0.25) is 0 Å². The van der Waals surface area contributed by atoms with E-state index >= 15 is 0 Å². The predicted octanol–water partition coefficient (Wildman–Crippen LogP) is 16.8. The van der Waals surface area contributed by atoms with Gasteiger partial charge >= 0.3 is 0 Å². The van der Waals surface area contributed by atoms with Crippen LogP contribution in [0.1, 0.15) is 32.1 Å². The van der Waals surface area contributed by atoms with Crippen LogP contribution < -0.4 is 0 Å². The molecule has 0 amide bonds. The van der Waals surface area contributed by atoms with E-state index < -0.39 is 0 Å². The molecular formula is C51H42S2. The molecule has 11 aromatic rings. The Kier molecular flexibility index (Phi) is 5.97. The van der Waals surface area contributed by atoms with Gasteiger partial charge in [0.05, 0.1) is 0 Å². The molecule has 0 radical (unpaired) electrons. The number of thiophene rings is 2. The maximum absolute atomic E-state index is 2.46. The van der Waals surface area contributed by atoms with Crippen molar-refractivity contribution in [1.82, 2.24) is 0 Å². The minimum absolute atomic E-state index is 0. The summed E-state index contributed by atoms with van der Waals surface area (Å²) in [6.45, 7) is 4.72. The van der Waals surface area contributed by atoms with E-state index in [2.05, 4.69) is 172 Å². The first-order chi connectivity index (χ1) is 26.0. The molecule has 2 aromatic heterocycles. The lowest BCUT2D eigenvalue weighted by molar-refractivity contribution is 0.660. The van der Waals surface area contributed by atoms with Gasteiger partial charge in [0.1, 0.15) is 0 Å². The third kappa shape index (κ3) is 4.05. The molecule has 258 valence electrons. The molecule has 0 fully saturated rings. The third-order valence-electron chi connectivity index (χ3n) is 12.0. The van der Waals surface area contributed by atoms with Crippen LogP contribution in [0.5, 0.6) is 0 Å². The molecule has 0 aliphatic heterocycles. The van der Waals surface area contributed by atoms with E-state index in [1.165, 1.54) is 117 Å². The quantitative estimate of drug-likeness (QED) is 0.156. The average molecular weight is 719 g/mol. The van der Waals surface area contributed by atoms with Crippen molar-refractivity contribution >= 4 is 95.3 Å². The van der Waals surface area contributed by atoms with Crippen molar-refractivity contribution in [2.45, 2.75) is 19.3 Å². The van der Waals surface area contributed by atoms with Gasteiger partial charge in [0, 0.05) is 52.9 Å². The molecule has 0 N–H and O–H groups in total. The standard InChI is InChI=1S/C51H32S2.5H2/c1-51(2)42-18-10-9-13-33(42)40-26-31(20-23-43(40)51)47-34-14-5-7-16-36(34)48(37-17-8-6-15-35(37)47)32-19-21-39-45(28-32)52-44-24-22-38-41-25-29-11-3-4-12-30(29)27-46(41)53-50(38)49(39)44;;;;;/h3-28H,1-2H3;5*1H. The van der Waals surface area contributed by atoms with Crippen molar-refractivity contribution in [2.75, 3.05) is 0 Å². The zero-order valence-electron chi connectivity index (χ0n) is 29.3. The van der Waals surface area contributed by atoms with E-state index in [1.807, 2.05) is 22.7 Å². The lowest BCUT2D eigenvalue weighted by atomic mass is 9.81. The van der Waals surface area contributed by atoms with Crippen molar-refractivity contribution in [1.29, 1.82) is 0 Å². The van der Waals surface area contributed by atoms with Crippen LogP contribution in [0.25, 0.3) is 106 Å². The Labute approximate surface area is 322 Å². The van der Waals surface area contributed by atoms with Gasteiger partial charge in [-0.15, -0.1) is 22.7 Å². The number of hydrogen-bond acceptors (Lipinski definition) is 2. The molecule has 0 saturated carbocycles. The van der Waals surface area contributed by atoms with Crippen LogP contribution in [0, 0.1) is 0 Å². The van der Waals surface area contributed by atoms with Gasteiger partial charge < -0.3 is 0 Å². The molecule has 0 atom stereocenters. The maximum atomic E-state index is 2.46. The Hall–Kier alpha value is -5.80. The first kappa shape index (κ1) is 29.7. The second-order valence-corrected chi connectivity index (χ2v) is 17.3. The Bertz CT molecular complexity index is 3340. The number of benzene rings is 9. The lowest BCUT2D eigenvalue weighted by Gasteiger charge is -2.22. The minimum Gasteiger partial charge on any atom is -0.135 e. The van der Waals surface area contributed by atoms with Crippen LogP contribution in [-0.2, 0) is 5.41 Å². The van der Waals surface area contributed by atoms with E-state index in [0.717, 1.165) is 0 Å². The molecule has 0 spiro atoms. The molecule has 1 aliphatic rings. The summed E-state index contributed by atoms with van der Waals surface area (Å²) in [4.78, 5) is 0. The fourth-order valence-electron chi connectivity index (χ4n) is 9.56. The van der Waals surface area contributed by atoms with Gasteiger partial charge in [0.2, 0.25) is 0 Å². The number of hydrogen-bond donors (Lipinski definition) is 0. The highest BCUT2D eigenvalue weighted by Crippen LogP contribution is 2.52. The van der Waals surface area contributed by atoms with E-state index in [4.69, 9.17) is 0 Å². The molecule has 0 saturated heterocycles. The smallest absolute Gasteiger partial charge is 0.0448 e. The zero-order valence-corrected chi connectivity index (χ0v) is 31.0. The first-order valence-corrected chi connectivity index (χ1v) is 20.1. The van der Waals surface area contributed by atoms with Crippen molar-refractivity contribution in [3.8, 4) is 33.4 Å². The summed E-state index contributed by atoms with van der Waals surface area (Å²) >= 11 is 3.86. The molecule has 9 aromatic carbocycles. The molecule has 1 aliphatic carbocycles. The molecular weight excluding hydrogens is 677 g/mol. The van der Waals surface area contributed by atoms with Gasteiger partial charge in [0.25, 0.3) is 0 Å². The zero-order chi connectivity index (χ0) is 35.0. The first-order valence-electron chi connectivity index (χ1n) is 18.4. The number of fused-ring (bicyclic) bond motifs is 13. The van der Waals surface area contributed by atoms with Crippen LogP contribution in [0.15, 0.2) is 158 Å². The fourth-order valence-corrected chi connectivity index (χ4v) is 12.1. The highest BCUT2D eigenvalue weighted by molar-refractivity contribution is 7.29. The van der Waals surface area contributed by atoms with Crippen LogP contribution in [-0.4, -0.2) is 0 Å². The van der Waals surface area contributed by atoms with Gasteiger partial charge in [-0.1, -0.05) is 141 Å². The Morgan fingerprint density at radius 2 is 0.962 bits per heavy atom. The molecule has 53 heavy (non-hydrogen) atoms. The molecule has 12 rings (SSSR count). The SMILES string of the molecule is CC1(C)c2ccccc2-c2cc(-c3c4ccccc4c(-c4ccc5c(c4)sc4ccc6c7cc8ccccc8cc7sc6c45)c4ccccc34)ccc21.[HH].[HH].[HH].[HH].[HH]. The monoisotopic (exact) mass is 718 g/mol. The van der Waals surface area contributed by atoms with Gasteiger partial charge in [-0.25, -0.2) is 0 Å². The summed E-state index contributed by atoms with van der Waals surface area (Å²) in [5.41, 5.74) is 10.7. The van der Waals surface area contributed by atoms with E-state index in [1.54, 1.807) is 0 Å². The van der Waals surface area contributed by atoms with Crippen LogP contribution in [0.4, 0.5) is 0 Å². The minimum atomic E-state index is -0.0128. The van der Waals surface area contributed by atoms with Gasteiger partial charge in [-0.05, 0) is 107 Å². The molecule has 0 unspecified atom stereocenters. The maximum Gasteiger partial charge on any atom is 0.0448 e. The summed E-state index contributed by atoms with van der Waals surface area (Å²) in [5, 5.41) is 13.2. The summed E-state index contributed by atoms with van der Waals surface area (Å²) in [6, 6.07) is 59.6. The molecule has 0 nitrogen and oxygen atoms in total.